The van der Waals surface area contributed by atoms with Gasteiger partial charge < -0.3 is 10.1 Å². The first kappa shape index (κ1) is 15.6. The summed E-state index contributed by atoms with van der Waals surface area (Å²) < 4.78 is 5.47. The van der Waals surface area contributed by atoms with Gasteiger partial charge in [-0.3, -0.25) is 4.90 Å². The van der Waals surface area contributed by atoms with Crippen molar-refractivity contribution in [3.63, 3.8) is 0 Å². The number of rotatable bonds is 5. The third-order valence-electron chi connectivity index (χ3n) is 4.22. The Kier molecular flexibility index (Phi) is 4.90. The molecule has 0 radical (unpaired) electrons. The highest BCUT2D eigenvalue weighted by Gasteiger charge is 2.24. The molecular weight excluding hydrogens is 296 g/mol. The average Bonchev–Trinajstić information content (AvgIpc) is 2.89. The lowest BCUT2D eigenvalue weighted by molar-refractivity contribution is 0.00954. The molecule has 0 bridgehead atoms. The largest absolute Gasteiger partial charge is 0.379 e. The van der Waals surface area contributed by atoms with Crippen LogP contribution in [-0.4, -0.2) is 53.8 Å². The number of hydrogen-bond donors (Lipinski definition) is 1. The van der Waals surface area contributed by atoms with Crippen molar-refractivity contribution in [3.05, 3.63) is 17.3 Å². The molecule has 3 rings (SSSR count). The Bertz CT molecular complexity index is 622. The lowest BCUT2D eigenvalue weighted by atomic mass is 10.0. The van der Waals surface area contributed by atoms with E-state index in [9.17, 15) is 0 Å². The highest BCUT2D eigenvalue weighted by molar-refractivity contribution is 7.18. The van der Waals surface area contributed by atoms with E-state index in [4.69, 9.17) is 4.74 Å². The standard InChI is InChI=1S/C16H24N4OS/c1-11(2)14(20-4-6-21-7-5-20)9-17-15-13-8-12(3)22-16(13)19-10-18-15/h8,10-11,14H,4-7,9H2,1-3H3,(H,17,18,19). The average molecular weight is 320 g/mol. The number of hydrogen-bond acceptors (Lipinski definition) is 6. The molecule has 2 aromatic heterocycles. The molecule has 120 valence electrons. The van der Waals surface area contributed by atoms with Gasteiger partial charge in [-0.1, -0.05) is 13.8 Å². The van der Waals surface area contributed by atoms with E-state index in [0.29, 0.717) is 12.0 Å². The highest BCUT2D eigenvalue weighted by atomic mass is 32.1. The van der Waals surface area contributed by atoms with Crippen molar-refractivity contribution < 1.29 is 4.74 Å². The number of thiophene rings is 1. The molecule has 0 spiro atoms. The summed E-state index contributed by atoms with van der Waals surface area (Å²) in [6.07, 6.45) is 1.65. The van der Waals surface area contributed by atoms with Crippen molar-refractivity contribution >= 4 is 27.4 Å². The number of morpholine rings is 1. The van der Waals surface area contributed by atoms with Crippen LogP contribution in [-0.2, 0) is 4.74 Å². The second-order valence-electron chi connectivity index (χ2n) is 6.14. The number of anilines is 1. The number of nitrogens with zero attached hydrogens (tertiary/aromatic N) is 3. The van der Waals surface area contributed by atoms with Gasteiger partial charge >= 0.3 is 0 Å². The van der Waals surface area contributed by atoms with Gasteiger partial charge in [0.2, 0.25) is 0 Å². The fraction of sp³-hybridized carbons (Fsp3) is 0.625. The zero-order valence-corrected chi connectivity index (χ0v) is 14.3. The molecule has 0 saturated carbocycles. The van der Waals surface area contributed by atoms with Crippen LogP contribution in [0.3, 0.4) is 0 Å². The number of nitrogens with one attached hydrogen (secondary N) is 1. The minimum atomic E-state index is 0.494. The van der Waals surface area contributed by atoms with Crippen LogP contribution < -0.4 is 5.32 Å². The van der Waals surface area contributed by atoms with Crippen molar-refractivity contribution in [2.24, 2.45) is 5.92 Å². The van der Waals surface area contributed by atoms with Crippen molar-refractivity contribution in [2.45, 2.75) is 26.8 Å². The molecule has 1 aliphatic heterocycles. The van der Waals surface area contributed by atoms with Gasteiger partial charge in [0.15, 0.2) is 0 Å². The molecule has 0 aromatic carbocycles. The van der Waals surface area contributed by atoms with Gasteiger partial charge in [0.05, 0.1) is 18.6 Å². The minimum absolute atomic E-state index is 0.494. The van der Waals surface area contributed by atoms with Crippen LogP contribution >= 0.6 is 11.3 Å². The summed E-state index contributed by atoms with van der Waals surface area (Å²) in [5.74, 6) is 1.54. The molecule has 22 heavy (non-hydrogen) atoms. The Morgan fingerprint density at radius 2 is 2.09 bits per heavy atom. The first-order valence-electron chi connectivity index (χ1n) is 7.92. The predicted octanol–water partition coefficient (Wildman–Crippen LogP) is 2.77. The third kappa shape index (κ3) is 3.39. The fourth-order valence-corrected chi connectivity index (χ4v) is 3.86. The maximum atomic E-state index is 5.47. The van der Waals surface area contributed by atoms with Gasteiger partial charge in [-0.25, -0.2) is 9.97 Å². The lowest BCUT2D eigenvalue weighted by Gasteiger charge is -2.37. The van der Waals surface area contributed by atoms with Gasteiger partial charge in [0.25, 0.3) is 0 Å². The van der Waals surface area contributed by atoms with Crippen LogP contribution in [0.4, 0.5) is 5.82 Å². The van der Waals surface area contributed by atoms with Crippen LogP contribution in [0.5, 0.6) is 0 Å². The summed E-state index contributed by atoms with van der Waals surface area (Å²) in [5, 5.41) is 4.69. The second kappa shape index (κ2) is 6.89. The Hall–Kier alpha value is -1.24. The summed E-state index contributed by atoms with van der Waals surface area (Å²) >= 11 is 1.72. The molecule has 1 saturated heterocycles. The van der Waals surface area contributed by atoms with E-state index >= 15 is 0 Å². The first-order valence-corrected chi connectivity index (χ1v) is 8.73. The molecule has 1 aliphatic rings. The first-order chi connectivity index (χ1) is 10.6. The van der Waals surface area contributed by atoms with Crippen molar-refractivity contribution in [1.29, 1.82) is 0 Å². The van der Waals surface area contributed by atoms with Gasteiger partial charge in [-0.15, -0.1) is 11.3 Å². The quantitative estimate of drug-likeness (QED) is 0.918. The predicted molar refractivity (Wildman–Crippen MR) is 91.7 cm³/mol. The number of ether oxygens (including phenoxy) is 1. The van der Waals surface area contributed by atoms with Crippen LogP contribution in [0.15, 0.2) is 12.4 Å². The normalized spacial score (nSPS) is 18.0. The summed E-state index contributed by atoms with van der Waals surface area (Å²) in [6.45, 7) is 11.3. The van der Waals surface area contributed by atoms with E-state index in [1.165, 1.54) is 4.88 Å². The molecule has 5 nitrogen and oxygen atoms in total. The maximum Gasteiger partial charge on any atom is 0.138 e. The van der Waals surface area contributed by atoms with Crippen LogP contribution in [0.25, 0.3) is 10.2 Å². The van der Waals surface area contributed by atoms with E-state index in [-0.39, 0.29) is 0 Å². The molecule has 1 atom stereocenters. The Morgan fingerprint density at radius 1 is 1.32 bits per heavy atom. The number of fused-ring (bicyclic) bond motifs is 1. The molecule has 1 N–H and O–H groups in total. The summed E-state index contributed by atoms with van der Waals surface area (Å²) in [5.41, 5.74) is 0. The summed E-state index contributed by atoms with van der Waals surface area (Å²) in [7, 11) is 0. The molecule has 1 fully saturated rings. The number of aromatic nitrogens is 2. The van der Waals surface area contributed by atoms with Crippen molar-refractivity contribution in [2.75, 3.05) is 38.2 Å². The van der Waals surface area contributed by atoms with E-state index in [1.54, 1.807) is 17.7 Å². The third-order valence-corrected chi connectivity index (χ3v) is 5.17. The van der Waals surface area contributed by atoms with Gasteiger partial charge in [0.1, 0.15) is 17.0 Å². The summed E-state index contributed by atoms with van der Waals surface area (Å²) in [6, 6.07) is 2.66. The van der Waals surface area contributed by atoms with Crippen molar-refractivity contribution in [1.82, 2.24) is 14.9 Å². The van der Waals surface area contributed by atoms with Gasteiger partial charge in [-0.2, -0.15) is 0 Å². The molecular formula is C16H24N4OS. The monoisotopic (exact) mass is 320 g/mol. The highest BCUT2D eigenvalue weighted by Crippen LogP contribution is 2.27. The minimum Gasteiger partial charge on any atom is -0.379 e. The van der Waals surface area contributed by atoms with E-state index in [2.05, 4.69) is 47.0 Å². The SMILES string of the molecule is Cc1cc2c(NCC(C(C)C)N3CCOCC3)ncnc2s1. The molecule has 2 aromatic rings. The Balaban J connectivity index is 1.73. The topological polar surface area (TPSA) is 50.3 Å². The zero-order valence-electron chi connectivity index (χ0n) is 13.5. The van der Waals surface area contributed by atoms with Crippen LogP contribution in [0, 0.1) is 12.8 Å². The molecule has 6 heteroatoms. The molecule has 0 aliphatic carbocycles. The smallest absolute Gasteiger partial charge is 0.138 e. The Labute approximate surface area is 135 Å². The Morgan fingerprint density at radius 3 is 2.82 bits per heavy atom. The maximum absolute atomic E-state index is 5.47. The summed E-state index contributed by atoms with van der Waals surface area (Å²) in [4.78, 5) is 13.6. The van der Waals surface area contributed by atoms with Gasteiger partial charge in [0, 0.05) is 30.6 Å². The molecule has 1 unspecified atom stereocenters. The van der Waals surface area contributed by atoms with Crippen LogP contribution in [0.2, 0.25) is 0 Å². The van der Waals surface area contributed by atoms with E-state index in [1.807, 2.05) is 0 Å². The van der Waals surface area contributed by atoms with Gasteiger partial charge in [-0.05, 0) is 18.9 Å². The molecule has 3 heterocycles. The zero-order chi connectivity index (χ0) is 15.5. The van der Waals surface area contributed by atoms with Crippen molar-refractivity contribution in [3.8, 4) is 0 Å². The molecule has 0 amide bonds. The van der Waals surface area contributed by atoms with Crippen LogP contribution in [0.1, 0.15) is 18.7 Å². The van der Waals surface area contributed by atoms with E-state index in [0.717, 1.165) is 48.9 Å². The fourth-order valence-electron chi connectivity index (χ4n) is 3.01. The van der Waals surface area contributed by atoms with E-state index < -0.39 is 0 Å². The second-order valence-corrected chi connectivity index (χ2v) is 7.37. The number of aryl methyl sites for hydroxylation is 1. The lowest BCUT2D eigenvalue weighted by Crippen LogP contribution is -2.49.